The second-order valence-electron chi connectivity index (χ2n) is 9.01. The van der Waals surface area contributed by atoms with Crippen LogP contribution in [0.1, 0.15) is 32.9 Å². The minimum atomic E-state index is -0.911. The molecule has 0 amide bonds. The molecule has 1 heterocycles. The Balaban J connectivity index is 1.63. The Morgan fingerprint density at radius 3 is 2.00 bits per heavy atom. The van der Waals surface area contributed by atoms with E-state index in [0.29, 0.717) is 0 Å². The van der Waals surface area contributed by atoms with E-state index in [1.807, 2.05) is 0 Å². The normalized spacial score (nSPS) is 20.1. The summed E-state index contributed by atoms with van der Waals surface area (Å²) < 4.78 is 219. The van der Waals surface area contributed by atoms with Crippen molar-refractivity contribution in [2.75, 3.05) is 0 Å². The van der Waals surface area contributed by atoms with Crippen LogP contribution in [-0.2, 0) is 0 Å². The van der Waals surface area contributed by atoms with E-state index in [1.165, 1.54) is 0 Å². The first-order valence-electron chi connectivity index (χ1n) is 24.2. The van der Waals surface area contributed by atoms with Crippen LogP contribution >= 0.6 is 0 Å². The molecule has 1 nitrogen and oxygen atoms in total. The van der Waals surface area contributed by atoms with Gasteiger partial charge >= 0.3 is 0 Å². The van der Waals surface area contributed by atoms with Gasteiger partial charge in [-0.15, -0.1) is 0 Å². The standard InChI is InChI=1S/C40H24O/c1-2-9-25(10-3-1)28-18-17-27-20-22-34-39-33(15-8-16-37(39)41-40(34)35(27)23-28)38-31-14-7-5-12-29(31)24-36-30-13-6-4-11-26(30)19-21-32(36)38/h1-24H/i1D,2D,3D,4D,5D,6D,7D,8D,9D,10D,11D,12D,13D,14D,15D,16D,17D,18D,19D,20D,21D,22D,23D,24D. The Morgan fingerprint density at radius 2 is 1.12 bits per heavy atom. The molecule has 0 aliphatic heterocycles. The highest BCUT2D eigenvalue weighted by molar-refractivity contribution is 6.26. The van der Waals surface area contributed by atoms with Crippen LogP contribution < -0.4 is 0 Å². The molecule has 0 radical (unpaired) electrons. The Hall–Kier alpha value is -5.40. The molecule has 41 heavy (non-hydrogen) atoms. The van der Waals surface area contributed by atoms with Gasteiger partial charge < -0.3 is 4.42 Å². The summed E-state index contributed by atoms with van der Waals surface area (Å²) in [5, 5.41) is -5.32. The third-order valence-electron chi connectivity index (χ3n) is 6.81. The van der Waals surface area contributed by atoms with E-state index in [1.54, 1.807) is 0 Å². The predicted octanol–water partition coefficient (Wildman–Crippen LogP) is 11.5. The second-order valence-corrected chi connectivity index (χ2v) is 9.01. The van der Waals surface area contributed by atoms with Crippen molar-refractivity contribution in [2.24, 2.45) is 0 Å². The molecule has 0 N–H and O–H groups in total. The molecule has 9 aromatic rings. The van der Waals surface area contributed by atoms with Gasteiger partial charge in [-0.25, -0.2) is 0 Å². The van der Waals surface area contributed by atoms with E-state index in [4.69, 9.17) is 27.7 Å². The van der Waals surface area contributed by atoms with Crippen LogP contribution in [0.25, 0.3) is 87.3 Å². The Labute approximate surface area is 270 Å². The smallest absolute Gasteiger partial charge is 0.143 e. The molecular weight excluding hydrogens is 496 g/mol. The molecule has 190 valence electrons. The minimum absolute atomic E-state index is 0.495. The molecule has 0 fully saturated rings. The van der Waals surface area contributed by atoms with Gasteiger partial charge in [0.2, 0.25) is 0 Å². The fourth-order valence-corrected chi connectivity index (χ4v) is 5.06. The monoisotopic (exact) mass is 544 g/mol. The van der Waals surface area contributed by atoms with Gasteiger partial charge in [0.25, 0.3) is 0 Å². The lowest BCUT2D eigenvalue weighted by atomic mass is 9.88. The lowest BCUT2D eigenvalue weighted by molar-refractivity contribution is 0.673. The zero-order valence-corrected chi connectivity index (χ0v) is 20.4. The third kappa shape index (κ3) is 3.30. The van der Waals surface area contributed by atoms with E-state index in [2.05, 4.69) is 0 Å². The molecule has 1 heteroatoms. The molecule has 0 aliphatic rings. The average molecular weight is 545 g/mol. The van der Waals surface area contributed by atoms with E-state index in [0.717, 1.165) is 0 Å². The number of fused-ring (bicyclic) bond motifs is 9. The number of rotatable bonds is 2. The molecule has 9 rings (SSSR count). The van der Waals surface area contributed by atoms with Gasteiger partial charge in [-0.05, 0) is 84.1 Å². The fourth-order valence-electron chi connectivity index (χ4n) is 5.06. The average Bonchev–Trinajstić information content (AvgIpc) is 3.67. The van der Waals surface area contributed by atoms with Gasteiger partial charge in [0.1, 0.15) is 11.2 Å². The van der Waals surface area contributed by atoms with Crippen molar-refractivity contribution in [2.45, 2.75) is 0 Å². The van der Waals surface area contributed by atoms with Gasteiger partial charge in [0.05, 0.1) is 32.9 Å². The maximum Gasteiger partial charge on any atom is 0.143 e. The molecule has 1 aromatic heterocycles. The van der Waals surface area contributed by atoms with Gasteiger partial charge in [0, 0.05) is 16.2 Å². The first-order chi connectivity index (χ1) is 30.3. The third-order valence-corrected chi connectivity index (χ3v) is 6.81. The molecular formula is C40H24O. The zero-order chi connectivity index (χ0) is 47.8. The van der Waals surface area contributed by atoms with Gasteiger partial charge in [-0.2, -0.15) is 0 Å². The first-order valence-corrected chi connectivity index (χ1v) is 12.2. The van der Waals surface area contributed by atoms with E-state index in [9.17, 15) is 9.60 Å². The van der Waals surface area contributed by atoms with Crippen molar-refractivity contribution in [1.29, 1.82) is 0 Å². The van der Waals surface area contributed by atoms with Crippen molar-refractivity contribution in [1.82, 2.24) is 0 Å². The van der Waals surface area contributed by atoms with Crippen LogP contribution in [0.4, 0.5) is 0 Å². The molecule has 0 unspecified atom stereocenters. The quantitative estimate of drug-likeness (QED) is 0.156. The summed E-state index contributed by atoms with van der Waals surface area (Å²) in [6, 6.07) is -19.9. The van der Waals surface area contributed by atoms with Crippen LogP contribution in [0, 0.1) is 0 Å². The number of furan rings is 1. The van der Waals surface area contributed by atoms with E-state index in [-0.39, 0.29) is 0 Å². The molecule has 0 spiro atoms. The van der Waals surface area contributed by atoms with E-state index < -0.39 is 232 Å². The van der Waals surface area contributed by atoms with Gasteiger partial charge in [0.15, 0.2) is 0 Å². The predicted molar refractivity (Wildman–Crippen MR) is 175 cm³/mol. The van der Waals surface area contributed by atoms with Crippen molar-refractivity contribution < 1.29 is 37.3 Å². The van der Waals surface area contributed by atoms with Gasteiger partial charge in [-0.1, -0.05) is 121 Å². The topological polar surface area (TPSA) is 13.1 Å². The number of hydrogen-bond donors (Lipinski definition) is 0. The largest absolute Gasteiger partial charge is 0.455 e. The van der Waals surface area contributed by atoms with Crippen LogP contribution in [-0.4, -0.2) is 0 Å². The summed E-state index contributed by atoms with van der Waals surface area (Å²) in [5.41, 5.74) is -3.72. The van der Waals surface area contributed by atoms with Crippen molar-refractivity contribution in [3.63, 3.8) is 0 Å². The maximum atomic E-state index is 9.46. The number of hydrogen-bond acceptors (Lipinski definition) is 1. The highest BCUT2D eigenvalue weighted by atomic mass is 16.3. The van der Waals surface area contributed by atoms with Crippen LogP contribution in [0.5, 0.6) is 0 Å². The SMILES string of the molecule is [2H]c1c([2H])c([2H])c(-c2c([2H])c([2H])c3c([2H])c([2H])c4c(oc5c([2H])c([2H])c([2H])c(-c6c7c([2H])c([2H])c([2H])c([2H])c7c([2H])c7c6c([2H])c([2H])c6c([2H])c([2H])c([2H])c([2H])c67)c54)c3c2[2H])c([2H])c1[2H]. The molecule has 0 saturated carbocycles. The van der Waals surface area contributed by atoms with Crippen molar-refractivity contribution in [3.05, 3.63) is 145 Å². The van der Waals surface area contributed by atoms with Crippen LogP contribution in [0.3, 0.4) is 0 Å². The highest BCUT2D eigenvalue weighted by Gasteiger charge is 2.19. The Bertz CT molecular complexity index is 3790. The summed E-state index contributed by atoms with van der Waals surface area (Å²) in [7, 11) is 0. The lowest BCUT2D eigenvalue weighted by Crippen LogP contribution is -1.88. The Morgan fingerprint density at radius 1 is 0.415 bits per heavy atom. The van der Waals surface area contributed by atoms with Crippen molar-refractivity contribution >= 4 is 65.0 Å². The summed E-state index contributed by atoms with van der Waals surface area (Å²) in [6.07, 6.45) is 0. The highest BCUT2D eigenvalue weighted by Crippen LogP contribution is 2.45. The Kier molecular flexibility index (Phi) is 1.94. The zero-order valence-electron chi connectivity index (χ0n) is 44.4. The summed E-state index contributed by atoms with van der Waals surface area (Å²) in [6.45, 7) is 0. The minimum Gasteiger partial charge on any atom is -0.455 e. The van der Waals surface area contributed by atoms with Crippen molar-refractivity contribution in [3.8, 4) is 22.3 Å². The lowest BCUT2D eigenvalue weighted by Gasteiger charge is -2.15. The van der Waals surface area contributed by atoms with Crippen LogP contribution in [0.2, 0.25) is 0 Å². The first kappa shape index (κ1) is 9.33. The van der Waals surface area contributed by atoms with E-state index >= 15 is 0 Å². The summed E-state index contributed by atoms with van der Waals surface area (Å²) in [4.78, 5) is 0. The van der Waals surface area contributed by atoms with Gasteiger partial charge in [-0.3, -0.25) is 0 Å². The maximum absolute atomic E-state index is 9.46. The summed E-state index contributed by atoms with van der Waals surface area (Å²) >= 11 is 0. The fraction of sp³-hybridized carbons (Fsp3) is 0. The molecule has 0 bridgehead atoms. The molecule has 8 aromatic carbocycles. The second kappa shape index (κ2) is 8.55. The van der Waals surface area contributed by atoms with Crippen LogP contribution in [0.15, 0.2) is 149 Å². The molecule has 0 atom stereocenters. The summed E-state index contributed by atoms with van der Waals surface area (Å²) in [5.74, 6) is 0. The molecule has 0 saturated heterocycles. The molecule has 0 aliphatic carbocycles. The number of benzene rings is 8.